The Morgan fingerprint density at radius 2 is 1.84 bits per heavy atom. The molecule has 0 saturated heterocycles. The van der Waals surface area contributed by atoms with Crippen LogP contribution in [0.25, 0.3) is 0 Å². The Kier molecular flexibility index (Phi) is 4.56. The molecule has 1 atom stereocenters. The molecule has 2 rings (SSSR count). The SMILES string of the molecule is N#CC(N)(CCSc1ccncc1)c1ccccc1. The Morgan fingerprint density at radius 3 is 2.47 bits per heavy atom. The van der Waals surface area contributed by atoms with Gasteiger partial charge >= 0.3 is 0 Å². The van der Waals surface area contributed by atoms with Crippen molar-refractivity contribution in [1.82, 2.24) is 4.98 Å². The lowest BCUT2D eigenvalue weighted by atomic mass is 9.90. The predicted molar refractivity (Wildman–Crippen MR) is 77.5 cm³/mol. The third kappa shape index (κ3) is 3.57. The summed E-state index contributed by atoms with van der Waals surface area (Å²) in [7, 11) is 0. The molecule has 2 N–H and O–H groups in total. The number of nitrogens with two attached hydrogens (primary N) is 1. The van der Waals surface area contributed by atoms with Gasteiger partial charge < -0.3 is 5.73 Å². The lowest BCUT2D eigenvalue weighted by molar-refractivity contribution is 0.560. The van der Waals surface area contributed by atoms with E-state index in [9.17, 15) is 5.26 Å². The maximum absolute atomic E-state index is 9.34. The molecule has 0 radical (unpaired) electrons. The maximum Gasteiger partial charge on any atom is 0.130 e. The average molecular weight is 269 g/mol. The highest BCUT2D eigenvalue weighted by Crippen LogP contribution is 2.26. The number of hydrogen-bond acceptors (Lipinski definition) is 4. The van der Waals surface area contributed by atoms with Gasteiger partial charge in [0.1, 0.15) is 5.54 Å². The number of pyridine rings is 1. The number of nitrogens with zero attached hydrogens (tertiary/aromatic N) is 2. The van der Waals surface area contributed by atoms with E-state index in [0.29, 0.717) is 6.42 Å². The molecule has 1 aromatic carbocycles. The van der Waals surface area contributed by atoms with E-state index in [1.165, 1.54) is 0 Å². The van der Waals surface area contributed by atoms with E-state index in [-0.39, 0.29) is 0 Å². The Balaban J connectivity index is 1.99. The summed E-state index contributed by atoms with van der Waals surface area (Å²) in [5, 5.41) is 9.34. The van der Waals surface area contributed by atoms with Gasteiger partial charge in [-0.15, -0.1) is 11.8 Å². The standard InChI is InChI=1S/C15H15N3S/c16-12-15(17,13-4-2-1-3-5-13)8-11-19-14-6-9-18-10-7-14/h1-7,9-10H,8,11,17H2. The van der Waals surface area contributed by atoms with Crippen LogP contribution in [0, 0.1) is 11.3 Å². The largest absolute Gasteiger partial charge is 0.310 e. The molecule has 0 bridgehead atoms. The van der Waals surface area contributed by atoms with E-state index in [4.69, 9.17) is 5.73 Å². The summed E-state index contributed by atoms with van der Waals surface area (Å²) in [6.07, 6.45) is 4.14. The Labute approximate surface area is 117 Å². The minimum atomic E-state index is -0.915. The van der Waals surface area contributed by atoms with Gasteiger partial charge in [0.25, 0.3) is 0 Å². The van der Waals surface area contributed by atoms with Crippen LogP contribution in [0.15, 0.2) is 59.8 Å². The summed E-state index contributed by atoms with van der Waals surface area (Å²) < 4.78 is 0. The molecule has 0 saturated carbocycles. The monoisotopic (exact) mass is 269 g/mol. The fraction of sp³-hybridized carbons (Fsp3) is 0.200. The van der Waals surface area contributed by atoms with Crippen molar-refractivity contribution in [3.05, 3.63) is 60.4 Å². The van der Waals surface area contributed by atoms with Gasteiger partial charge in [-0.2, -0.15) is 5.26 Å². The van der Waals surface area contributed by atoms with Crippen molar-refractivity contribution in [2.24, 2.45) is 5.73 Å². The van der Waals surface area contributed by atoms with Crippen molar-refractivity contribution in [3.63, 3.8) is 0 Å². The minimum Gasteiger partial charge on any atom is -0.310 e. The molecular weight excluding hydrogens is 254 g/mol. The van der Waals surface area contributed by atoms with Gasteiger partial charge in [0.15, 0.2) is 0 Å². The highest BCUT2D eigenvalue weighted by molar-refractivity contribution is 7.99. The molecule has 0 aliphatic carbocycles. The third-order valence-corrected chi connectivity index (χ3v) is 3.92. The predicted octanol–water partition coefficient (Wildman–Crippen LogP) is 2.94. The molecule has 0 aliphatic heterocycles. The van der Waals surface area contributed by atoms with Crippen LogP contribution in [0.3, 0.4) is 0 Å². The minimum absolute atomic E-state index is 0.612. The highest BCUT2D eigenvalue weighted by atomic mass is 32.2. The van der Waals surface area contributed by atoms with E-state index < -0.39 is 5.54 Å². The van der Waals surface area contributed by atoms with Crippen molar-refractivity contribution in [3.8, 4) is 6.07 Å². The van der Waals surface area contributed by atoms with Crippen LogP contribution in [-0.4, -0.2) is 10.7 Å². The van der Waals surface area contributed by atoms with Gasteiger partial charge in [-0.3, -0.25) is 4.98 Å². The normalized spacial score (nSPS) is 13.5. The lowest BCUT2D eigenvalue weighted by Gasteiger charge is -2.21. The van der Waals surface area contributed by atoms with Gasteiger partial charge in [0.2, 0.25) is 0 Å². The molecule has 1 heterocycles. The number of hydrogen-bond donors (Lipinski definition) is 1. The zero-order valence-electron chi connectivity index (χ0n) is 10.5. The second-order valence-corrected chi connectivity index (χ2v) is 5.40. The topological polar surface area (TPSA) is 62.7 Å². The van der Waals surface area contributed by atoms with Crippen LogP contribution in [0.4, 0.5) is 0 Å². The van der Waals surface area contributed by atoms with E-state index in [1.54, 1.807) is 24.2 Å². The molecule has 4 heteroatoms. The number of thioether (sulfide) groups is 1. The number of aromatic nitrogens is 1. The Morgan fingerprint density at radius 1 is 1.16 bits per heavy atom. The Bertz CT molecular complexity index is 551. The maximum atomic E-state index is 9.34. The first kappa shape index (κ1) is 13.6. The molecular formula is C15H15N3S. The summed E-state index contributed by atoms with van der Waals surface area (Å²) in [6, 6.07) is 15.7. The zero-order valence-corrected chi connectivity index (χ0v) is 11.3. The second kappa shape index (κ2) is 6.37. The molecule has 1 aromatic heterocycles. The average Bonchev–Trinajstić information content (AvgIpc) is 2.49. The molecule has 96 valence electrons. The number of benzene rings is 1. The van der Waals surface area contributed by atoms with Crippen LogP contribution in [0.1, 0.15) is 12.0 Å². The summed E-state index contributed by atoms with van der Waals surface area (Å²) in [4.78, 5) is 5.12. The van der Waals surface area contributed by atoms with Crippen LogP contribution in [0.2, 0.25) is 0 Å². The molecule has 0 fully saturated rings. The van der Waals surface area contributed by atoms with Crippen molar-refractivity contribution in [2.75, 3.05) is 5.75 Å². The summed E-state index contributed by atoms with van der Waals surface area (Å²) in [5.74, 6) is 0.795. The molecule has 0 amide bonds. The first-order chi connectivity index (χ1) is 9.24. The van der Waals surface area contributed by atoms with Gasteiger partial charge in [-0.25, -0.2) is 0 Å². The van der Waals surface area contributed by atoms with Gasteiger partial charge in [0, 0.05) is 23.0 Å². The van der Waals surface area contributed by atoms with E-state index in [2.05, 4.69) is 11.1 Å². The fourth-order valence-corrected chi connectivity index (χ4v) is 2.74. The molecule has 3 nitrogen and oxygen atoms in total. The summed E-state index contributed by atoms with van der Waals surface area (Å²) in [6.45, 7) is 0. The van der Waals surface area contributed by atoms with Crippen LogP contribution < -0.4 is 5.73 Å². The zero-order chi connectivity index (χ0) is 13.6. The first-order valence-corrected chi connectivity index (χ1v) is 7.02. The van der Waals surface area contributed by atoms with Crippen LogP contribution >= 0.6 is 11.8 Å². The first-order valence-electron chi connectivity index (χ1n) is 6.03. The number of nitriles is 1. The quantitative estimate of drug-likeness (QED) is 0.848. The highest BCUT2D eigenvalue weighted by Gasteiger charge is 2.26. The molecule has 0 aliphatic rings. The second-order valence-electron chi connectivity index (χ2n) is 4.23. The molecule has 0 spiro atoms. The van der Waals surface area contributed by atoms with Crippen molar-refractivity contribution < 1.29 is 0 Å². The van der Waals surface area contributed by atoms with Crippen molar-refractivity contribution in [2.45, 2.75) is 16.9 Å². The van der Waals surface area contributed by atoms with E-state index >= 15 is 0 Å². The Hall–Kier alpha value is -1.83. The molecule has 1 unspecified atom stereocenters. The van der Waals surface area contributed by atoms with E-state index in [0.717, 1.165) is 16.2 Å². The van der Waals surface area contributed by atoms with Crippen molar-refractivity contribution in [1.29, 1.82) is 5.26 Å². The van der Waals surface area contributed by atoms with Crippen molar-refractivity contribution >= 4 is 11.8 Å². The van der Waals surface area contributed by atoms with Gasteiger partial charge in [-0.1, -0.05) is 30.3 Å². The molecule has 2 aromatic rings. The number of rotatable bonds is 5. The van der Waals surface area contributed by atoms with E-state index in [1.807, 2.05) is 42.5 Å². The van der Waals surface area contributed by atoms with Crippen LogP contribution in [-0.2, 0) is 5.54 Å². The third-order valence-electron chi connectivity index (χ3n) is 2.90. The smallest absolute Gasteiger partial charge is 0.130 e. The van der Waals surface area contributed by atoms with Crippen LogP contribution in [0.5, 0.6) is 0 Å². The molecule has 19 heavy (non-hydrogen) atoms. The lowest BCUT2D eigenvalue weighted by Crippen LogP contribution is -2.35. The van der Waals surface area contributed by atoms with Gasteiger partial charge in [-0.05, 0) is 24.1 Å². The fourth-order valence-electron chi connectivity index (χ4n) is 1.76. The summed E-state index contributed by atoms with van der Waals surface area (Å²) in [5.41, 5.74) is 6.15. The summed E-state index contributed by atoms with van der Waals surface area (Å²) >= 11 is 1.69. The van der Waals surface area contributed by atoms with Gasteiger partial charge in [0.05, 0.1) is 6.07 Å².